The van der Waals surface area contributed by atoms with Crippen LogP contribution >= 0.6 is 0 Å². The van der Waals surface area contributed by atoms with Crippen LogP contribution in [0.25, 0.3) is 0 Å². The monoisotopic (exact) mass is 233 g/mol. The summed E-state index contributed by atoms with van der Waals surface area (Å²) in [6.07, 6.45) is 1.20. The summed E-state index contributed by atoms with van der Waals surface area (Å²) >= 11 is 0. The Balaban J connectivity index is 2.15. The lowest BCUT2D eigenvalue weighted by Gasteiger charge is -2.25. The molecule has 2 rings (SSSR count). The Hall–Kier alpha value is -1.02. The van der Waals surface area contributed by atoms with Crippen LogP contribution in [-0.2, 0) is 0 Å². The van der Waals surface area contributed by atoms with Crippen LogP contribution in [0.1, 0.15) is 38.7 Å². The van der Waals surface area contributed by atoms with Gasteiger partial charge in [-0.15, -0.1) is 0 Å². The lowest BCUT2D eigenvalue weighted by molar-refractivity contribution is 0.282. The van der Waals surface area contributed by atoms with Crippen LogP contribution in [-0.4, -0.2) is 19.2 Å². The number of nitrogens with one attached hydrogen (secondary N) is 1. The molecule has 0 saturated carbocycles. The zero-order chi connectivity index (χ0) is 12.3. The highest BCUT2D eigenvalue weighted by atomic mass is 16.5. The van der Waals surface area contributed by atoms with Crippen molar-refractivity contribution in [2.75, 3.05) is 13.2 Å². The van der Waals surface area contributed by atoms with Gasteiger partial charge in [0, 0.05) is 17.5 Å². The molecule has 2 unspecified atom stereocenters. The fourth-order valence-corrected chi connectivity index (χ4v) is 2.68. The maximum Gasteiger partial charge on any atom is 0.122 e. The molecule has 1 aromatic carbocycles. The van der Waals surface area contributed by atoms with Crippen molar-refractivity contribution in [1.29, 1.82) is 0 Å². The van der Waals surface area contributed by atoms with E-state index in [0.29, 0.717) is 17.9 Å². The summed E-state index contributed by atoms with van der Waals surface area (Å²) in [6, 6.07) is 8.97. The predicted octanol–water partition coefficient (Wildman–Crippen LogP) is 3.19. The molecule has 2 atom stereocenters. The normalized spacial score (nSPS) is 20.1. The molecule has 0 aromatic heterocycles. The number of likely N-dealkylation sites (N-methyl/N-ethyl adjacent to an activating group) is 1. The van der Waals surface area contributed by atoms with Gasteiger partial charge in [-0.2, -0.15) is 0 Å². The minimum Gasteiger partial charge on any atom is -0.493 e. The molecule has 0 radical (unpaired) electrons. The van der Waals surface area contributed by atoms with Gasteiger partial charge in [0.05, 0.1) is 6.61 Å². The van der Waals surface area contributed by atoms with Crippen molar-refractivity contribution in [2.45, 2.75) is 39.2 Å². The Morgan fingerprint density at radius 3 is 2.82 bits per heavy atom. The highest BCUT2D eigenvalue weighted by Gasteiger charge is 2.30. The highest BCUT2D eigenvalue weighted by Crippen LogP contribution is 2.37. The minimum absolute atomic E-state index is 0.508. The summed E-state index contributed by atoms with van der Waals surface area (Å²) in [5.41, 5.74) is 1.37. The first kappa shape index (κ1) is 12.4. The molecule has 94 valence electrons. The van der Waals surface area contributed by atoms with Crippen molar-refractivity contribution >= 4 is 0 Å². The first-order valence-electron chi connectivity index (χ1n) is 6.67. The molecular formula is C15H23NO. The Kier molecular flexibility index (Phi) is 4.06. The third kappa shape index (κ3) is 2.81. The van der Waals surface area contributed by atoms with Crippen molar-refractivity contribution in [3.05, 3.63) is 29.8 Å². The first-order chi connectivity index (χ1) is 8.22. The number of ether oxygens (including phenoxy) is 1. The molecular weight excluding hydrogens is 210 g/mol. The van der Waals surface area contributed by atoms with Crippen LogP contribution in [0.3, 0.4) is 0 Å². The maximum absolute atomic E-state index is 5.78. The van der Waals surface area contributed by atoms with Crippen LogP contribution in [0.5, 0.6) is 5.75 Å². The van der Waals surface area contributed by atoms with Gasteiger partial charge in [0.15, 0.2) is 0 Å². The predicted molar refractivity (Wildman–Crippen MR) is 71.6 cm³/mol. The lowest BCUT2D eigenvalue weighted by Crippen LogP contribution is -2.36. The molecule has 2 nitrogen and oxygen atoms in total. The van der Waals surface area contributed by atoms with Crippen molar-refractivity contribution in [3.8, 4) is 5.75 Å². The molecule has 0 amide bonds. The minimum atomic E-state index is 0.508. The van der Waals surface area contributed by atoms with Gasteiger partial charge in [0.1, 0.15) is 5.75 Å². The SMILES string of the molecule is CCNC(CC(C)C)C1COc2ccccc21. The van der Waals surface area contributed by atoms with Crippen LogP contribution in [0.2, 0.25) is 0 Å². The Morgan fingerprint density at radius 1 is 1.35 bits per heavy atom. The van der Waals surface area contributed by atoms with Crippen molar-refractivity contribution < 1.29 is 4.74 Å². The standard InChI is InChI=1S/C15H23NO/c1-4-16-14(9-11(2)3)13-10-17-15-8-6-5-7-12(13)15/h5-8,11,13-14,16H,4,9-10H2,1-3H3. The number of benzene rings is 1. The highest BCUT2D eigenvalue weighted by molar-refractivity contribution is 5.40. The zero-order valence-corrected chi connectivity index (χ0v) is 11.1. The zero-order valence-electron chi connectivity index (χ0n) is 11.1. The molecule has 1 aliphatic rings. The second-order valence-corrected chi connectivity index (χ2v) is 5.25. The topological polar surface area (TPSA) is 21.3 Å². The summed E-state index contributed by atoms with van der Waals surface area (Å²) in [7, 11) is 0. The van der Waals surface area contributed by atoms with E-state index in [4.69, 9.17) is 4.74 Å². The molecule has 0 bridgehead atoms. The van der Waals surface area contributed by atoms with Crippen LogP contribution in [0.4, 0.5) is 0 Å². The summed E-state index contributed by atoms with van der Waals surface area (Å²) in [5, 5.41) is 3.62. The van der Waals surface area contributed by atoms with E-state index >= 15 is 0 Å². The van der Waals surface area contributed by atoms with E-state index in [0.717, 1.165) is 18.9 Å². The number of rotatable bonds is 5. The fraction of sp³-hybridized carbons (Fsp3) is 0.600. The van der Waals surface area contributed by atoms with Gasteiger partial charge >= 0.3 is 0 Å². The smallest absolute Gasteiger partial charge is 0.122 e. The van der Waals surface area contributed by atoms with Crippen molar-refractivity contribution in [1.82, 2.24) is 5.32 Å². The van der Waals surface area contributed by atoms with Gasteiger partial charge in [-0.3, -0.25) is 0 Å². The maximum atomic E-state index is 5.78. The number of hydrogen-bond acceptors (Lipinski definition) is 2. The summed E-state index contributed by atoms with van der Waals surface area (Å²) < 4.78 is 5.78. The van der Waals surface area contributed by atoms with Gasteiger partial charge in [-0.1, -0.05) is 39.0 Å². The van der Waals surface area contributed by atoms with Gasteiger partial charge in [0.2, 0.25) is 0 Å². The van der Waals surface area contributed by atoms with Crippen molar-refractivity contribution in [2.24, 2.45) is 5.92 Å². The Bertz CT molecular complexity index is 362. The van der Waals surface area contributed by atoms with Crippen LogP contribution in [0.15, 0.2) is 24.3 Å². The lowest BCUT2D eigenvalue weighted by atomic mass is 9.88. The molecule has 1 aromatic rings. The third-order valence-electron chi connectivity index (χ3n) is 3.41. The molecule has 2 heteroatoms. The number of hydrogen-bond donors (Lipinski definition) is 1. The Labute approximate surface area is 104 Å². The van der Waals surface area contributed by atoms with E-state index in [1.807, 2.05) is 6.07 Å². The molecule has 0 aliphatic carbocycles. The summed E-state index contributed by atoms with van der Waals surface area (Å²) in [4.78, 5) is 0. The molecule has 0 spiro atoms. The van der Waals surface area contributed by atoms with Crippen LogP contribution in [0, 0.1) is 5.92 Å². The molecule has 1 heterocycles. The van der Waals surface area contributed by atoms with E-state index in [2.05, 4.69) is 44.3 Å². The third-order valence-corrected chi connectivity index (χ3v) is 3.41. The number of fused-ring (bicyclic) bond motifs is 1. The van der Waals surface area contributed by atoms with Crippen molar-refractivity contribution in [3.63, 3.8) is 0 Å². The molecule has 1 N–H and O–H groups in total. The van der Waals surface area contributed by atoms with E-state index < -0.39 is 0 Å². The number of para-hydroxylation sites is 1. The van der Waals surface area contributed by atoms with E-state index in [1.165, 1.54) is 12.0 Å². The van der Waals surface area contributed by atoms with E-state index in [9.17, 15) is 0 Å². The second kappa shape index (κ2) is 5.54. The summed E-state index contributed by atoms with van der Waals surface area (Å²) in [5.74, 6) is 2.30. The fourth-order valence-electron chi connectivity index (χ4n) is 2.68. The molecule has 17 heavy (non-hydrogen) atoms. The quantitative estimate of drug-likeness (QED) is 0.843. The largest absolute Gasteiger partial charge is 0.493 e. The molecule has 0 saturated heterocycles. The van der Waals surface area contributed by atoms with Gasteiger partial charge in [0.25, 0.3) is 0 Å². The average Bonchev–Trinajstić information content (AvgIpc) is 2.71. The van der Waals surface area contributed by atoms with Gasteiger partial charge in [-0.05, 0) is 24.9 Å². The average molecular weight is 233 g/mol. The second-order valence-electron chi connectivity index (χ2n) is 5.25. The Morgan fingerprint density at radius 2 is 2.12 bits per heavy atom. The van der Waals surface area contributed by atoms with E-state index in [1.54, 1.807) is 0 Å². The molecule has 1 aliphatic heterocycles. The first-order valence-corrected chi connectivity index (χ1v) is 6.67. The molecule has 0 fully saturated rings. The van der Waals surface area contributed by atoms with Gasteiger partial charge in [-0.25, -0.2) is 0 Å². The van der Waals surface area contributed by atoms with Crippen LogP contribution < -0.4 is 10.1 Å². The summed E-state index contributed by atoms with van der Waals surface area (Å²) in [6.45, 7) is 8.59. The van der Waals surface area contributed by atoms with E-state index in [-0.39, 0.29) is 0 Å². The van der Waals surface area contributed by atoms with Gasteiger partial charge < -0.3 is 10.1 Å².